The minimum absolute atomic E-state index is 0.0631. The molecule has 0 radical (unpaired) electrons. The third kappa shape index (κ3) is 7.89. The van der Waals surface area contributed by atoms with Gasteiger partial charge < -0.3 is 24.4 Å². The molecule has 1 amide bonds. The molecule has 2 aliphatic rings. The third-order valence-corrected chi connectivity index (χ3v) is 8.13. The van der Waals surface area contributed by atoms with Gasteiger partial charge in [0.2, 0.25) is 5.95 Å². The molecule has 1 aromatic carbocycles. The van der Waals surface area contributed by atoms with E-state index in [2.05, 4.69) is 35.9 Å². The largest absolute Gasteiger partial charge is 0.487 e. The number of nitrogens with one attached hydrogen (secondary N) is 1. The van der Waals surface area contributed by atoms with Crippen LogP contribution in [0.1, 0.15) is 46.6 Å². The third-order valence-electron chi connectivity index (χ3n) is 7.81. The van der Waals surface area contributed by atoms with E-state index in [9.17, 15) is 18.0 Å². The smallest absolute Gasteiger partial charge is 0.422 e. The second kappa shape index (κ2) is 12.7. The Labute approximate surface area is 278 Å². The van der Waals surface area contributed by atoms with Gasteiger partial charge in [-0.1, -0.05) is 17.7 Å². The summed E-state index contributed by atoms with van der Waals surface area (Å²) in [7, 11) is 0. The van der Waals surface area contributed by atoms with Crippen molar-refractivity contribution in [1.82, 2.24) is 44.9 Å². The number of tetrazole rings is 1. The number of likely N-dealkylation sites (tertiary alicyclic amines) is 1. The van der Waals surface area contributed by atoms with Gasteiger partial charge in [0.05, 0.1) is 23.8 Å². The van der Waals surface area contributed by atoms with Gasteiger partial charge in [0.1, 0.15) is 29.5 Å². The molecule has 4 aromatic rings. The summed E-state index contributed by atoms with van der Waals surface area (Å²) in [5, 5.41) is 18.7. The van der Waals surface area contributed by atoms with Gasteiger partial charge in [0.25, 0.3) is 5.88 Å². The van der Waals surface area contributed by atoms with E-state index in [1.807, 2.05) is 27.7 Å². The zero-order valence-corrected chi connectivity index (χ0v) is 27.4. The number of hydrogen-bond donors (Lipinski definition) is 1. The molecule has 3 aromatic heterocycles. The first-order valence-corrected chi connectivity index (χ1v) is 15.5. The molecule has 48 heavy (non-hydrogen) atoms. The number of hydrogen-bond acceptors (Lipinski definition) is 11. The van der Waals surface area contributed by atoms with E-state index in [1.54, 1.807) is 51.1 Å². The summed E-state index contributed by atoms with van der Waals surface area (Å²) in [4.78, 5) is 22.7. The standard InChI is InChI=1S/C30H34ClF3N10O4/c1-18(12-43-17-37-40-41-43)47-24-7-19(5-6-22(24)31)20-10-35-26(36-11-20)38-23-13-44(39-25(23)46-16-30(32,33)34)21-8-29(9-21)14-42(15-29)27(45)48-28(2,3)4/h5-7,10-11,13,17-18,21H,8-9,12,14-16H2,1-4H3,(H,35,36,38)/t18-/m0/s1. The Morgan fingerprint density at radius 1 is 1.15 bits per heavy atom. The molecule has 1 aliphatic carbocycles. The average Bonchev–Trinajstić information content (AvgIpc) is 3.60. The molecule has 14 nitrogen and oxygen atoms in total. The van der Waals surface area contributed by atoms with Crippen LogP contribution in [0.15, 0.2) is 43.1 Å². The van der Waals surface area contributed by atoms with Crippen molar-refractivity contribution in [3.05, 3.63) is 48.1 Å². The highest BCUT2D eigenvalue weighted by atomic mass is 35.5. The summed E-state index contributed by atoms with van der Waals surface area (Å²) >= 11 is 6.38. The van der Waals surface area contributed by atoms with Crippen LogP contribution < -0.4 is 14.8 Å². The van der Waals surface area contributed by atoms with Crippen molar-refractivity contribution in [3.63, 3.8) is 0 Å². The number of aromatic nitrogens is 8. The van der Waals surface area contributed by atoms with Crippen molar-refractivity contribution in [3.8, 4) is 22.8 Å². The van der Waals surface area contributed by atoms with Gasteiger partial charge >= 0.3 is 12.3 Å². The first-order chi connectivity index (χ1) is 22.6. The molecule has 1 saturated carbocycles. The van der Waals surface area contributed by atoms with Gasteiger partial charge in [-0.05, 0) is 68.7 Å². The Kier molecular flexibility index (Phi) is 8.82. The van der Waals surface area contributed by atoms with Crippen LogP contribution in [0.25, 0.3) is 11.1 Å². The fourth-order valence-electron chi connectivity index (χ4n) is 5.73. The van der Waals surface area contributed by atoms with Crippen LogP contribution in [0.4, 0.5) is 29.6 Å². The van der Waals surface area contributed by atoms with Crippen LogP contribution in [-0.4, -0.2) is 88.5 Å². The second-order valence-corrected chi connectivity index (χ2v) is 13.6. The number of benzene rings is 1. The second-order valence-electron chi connectivity index (χ2n) is 13.2. The number of carbonyl (C=O) groups is 1. The van der Waals surface area contributed by atoms with Crippen LogP contribution >= 0.6 is 11.6 Å². The minimum atomic E-state index is -4.55. The molecule has 1 spiro atoms. The summed E-state index contributed by atoms with van der Waals surface area (Å²) in [5.41, 5.74) is 0.934. The number of halogens is 4. The fraction of sp³-hybridized carbons (Fsp3) is 0.500. The molecule has 2 fully saturated rings. The number of ether oxygens (including phenoxy) is 3. The highest BCUT2D eigenvalue weighted by Gasteiger charge is 2.55. The van der Waals surface area contributed by atoms with Gasteiger partial charge in [-0.2, -0.15) is 13.2 Å². The number of nitrogens with zero attached hydrogens (tertiary/aromatic N) is 9. The molecule has 1 saturated heterocycles. The van der Waals surface area contributed by atoms with Gasteiger partial charge in [0, 0.05) is 36.5 Å². The van der Waals surface area contributed by atoms with Crippen molar-refractivity contribution < 1.29 is 32.2 Å². The van der Waals surface area contributed by atoms with E-state index in [1.165, 1.54) is 6.33 Å². The van der Waals surface area contributed by atoms with E-state index >= 15 is 0 Å². The van der Waals surface area contributed by atoms with E-state index in [-0.39, 0.29) is 41.2 Å². The van der Waals surface area contributed by atoms with Crippen LogP contribution in [0.3, 0.4) is 0 Å². The normalized spacial score (nSPS) is 16.6. The van der Waals surface area contributed by atoms with Gasteiger partial charge in [-0.15, -0.1) is 10.2 Å². The molecule has 6 rings (SSSR count). The van der Waals surface area contributed by atoms with E-state index in [0.717, 1.165) is 5.56 Å². The molecule has 0 unspecified atom stereocenters. The Balaban J connectivity index is 1.11. The lowest BCUT2D eigenvalue weighted by molar-refractivity contribution is -0.154. The molecule has 1 atom stereocenters. The average molecular weight is 691 g/mol. The highest BCUT2D eigenvalue weighted by molar-refractivity contribution is 6.32. The van der Waals surface area contributed by atoms with Gasteiger partial charge in [-0.25, -0.2) is 19.4 Å². The minimum Gasteiger partial charge on any atom is -0.487 e. The van der Waals surface area contributed by atoms with Crippen molar-refractivity contribution in [2.75, 3.05) is 25.0 Å². The maximum atomic E-state index is 13.0. The maximum absolute atomic E-state index is 13.0. The number of alkyl halides is 3. The molecule has 256 valence electrons. The topological polar surface area (TPSA) is 147 Å². The monoisotopic (exact) mass is 690 g/mol. The summed E-state index contributed by atoms with van der Waals surface area (Å²) in [6.45, 7) is 7.33. The summed E-state index contributed by atoms with van der Waals surface area (Å²) in [5.74, 6) is 0.362. The molecular weight excluding hydrogens is 657 g/mol. The Hall–Kier alpha value is -4.67. The SMILES string of the molecule is C[C@@H](Cn1cnnn1)Oc1cc(-c2cnc(Nc3cn(C4CC5(C4)CN(C(=O)OC(C)(C)C)C5)nc3OCC(F)(F)F)nc2)ccc1Cl. The lowest BCUT2D eigenvalue weighted by Gasteiger charge is -2.58. The Morgan fingerprint density at radius 2 is 1.88 bits per heavy atom. The van der Waals surface area contributed by atoms with Crippen LogP contribution in [0.2, 0.25) is 5.02 Å². The number of anilines is 2. The van der Waals surface area contributed by atoms with Crippen molar-refractivity contribution in [2.24, 2.45) is 5.41 Å². The van der Waals surface area contributed by atoms with E-state index in [4.69, 9.17) is 25.8 Å². The molecule has 18 heteroatoms. The number of amides is 1. The quantitative estimate of drug-likeness (QED) is 0.218. The summed E-state index contributed by atoms with van der Waals surface area (Å²) in [6.07, 6.45) is 2.43. The predicted molar refractivity (Wildman–Crippen MR) is 166 cm³/mol. The Morgan fingerprint density at radius 3 is 2.52 bits per heavy atom. The van der Waals surface area contributed by atoms with Crippen LogP contribution in [0.5, 0.6) is 11.6 Å². The van der Waals surface area contributed by atoms with E-state index in [0.29, 0.717) is 48.8 Å². The lowest BCUT2D eigenvalue weighted by atomic mass is 9.61. The molecular formula is C30H34ClF3N10O4. The number of carbonyl (C=O) groups excluding carboxylic acids is 1. The maximum Gasteiger partial charge on any atom is 0.422 e. The van der Waals surface area contributed by atoms with Crippen LogP contribution in [-0.2, 0) is 11.3 Å². The van der Waals surface area contributed by atoms with Gasteiger partial charge in [-0.3, -0.25) is 4.68 Å². The first kappa shape index (κ1) is 33.2. The van der Waals surface area contributed by atoms with Crippen molar-refractivity contribution in [2.45, 2.75) is 71.0 Å². The lowest BCUT2D eigenvalue weighted by Crippen LogP contribution is -2.64. The summed E-state index contributed by atoms with van der Waals surface area (Å²) in [6, 6.07) is 5.18. The summed E-state index contributed by atoms with van der Waals surface area (Å²) < 4.78 is 58.8. The Bertz CT molecular complexity index is 1730. The molecule has 1 aliphatic heterocycles. The number of rotatable bonds is 10. The molecule has 0 bridgehead atoms. The molecule has 1 N–H and O–H groups in total. The first-order valence-electron chi connectivity index (χ1n) is 15.2. The predicted octanol–water partition coefficient (Wildman–Crippen LogP) is 5.70. The zero-order valence-electron chi connectivity index (χ0n) is 26.6. The highest BCUT2D eigenvalue weighted by Crippen LogP contribution is 2.54. The van der Waals surface area contributed by atoms with Gasteiger partial charge in [0.15, 0.2) is 6.61 Å². The fourth-order valence-corrected chi connectivity index (χ4v) is 5.89. The molecule has 4 heterocycles. The van der Waals surface area contributed by atoms with Crippen molar-refractivity contribution in [1.29, 1.82) is 0 Å². The van der Waals surface area contributed by atoms with Crippen molar-refractivity contribution >= 4 is 29.3 Å². The zero-order chi connectivity index (χ0) is 34.3. The van der Waals surface area contributed by atoms with E-state index < -0.39 is 18.4 Å². The van der Waals surface area contributed by atoms with Crippen LogP contribution in [0, 0.1) is 5.41 Å².